The van der Waals surface area contributed by atoms with Gasteiger partial charge in [-0.2, -0.15) is 4.98 Å². The maximum Gasteiger partial charge on any atom is 0.333 e. The molecule has 0 aliphatic carbocycles. The maximum absolute atomic E-state index is 12.6. The average Bonchev–Trinajstić information content (AvgIpc) is 2.70. The van der Waals surface area contributed by atoms with Gasteiger partial charge in [-0.1, -0.05) is 13.8 Å². The Morgan fingerprint density at radius 1 is 1.11 bits per heavy atom. The van der Waals surface area contributed by atoms with Crippen LogP contribution in [0.2, 0.25) is 0 Å². The largest absolute Gasteiger partial charge is 0.405 e. The maximum atomic E-state index is 12.6. The molecule has 9 nitrogen and oxygen atoms in total. The molecular formula is C19H29N5O4. The van der Waals surface area contributed by atoms with E-state index in [9.17, 15) is 9.59 Å². The lowest BCUT2D eigenvalue weighted by Crippen LogP contribution is -2.55. The highest BCUT2D eigenvalue weighted by molar-refractivity contribution is 6.01. The third kappa shape index (κ3) is 3.63. The molecule has 2 aliphatic rings. The number of cyclic esters (lactones) is 2. The zero-order chi connectivity index (χ0) is 20.3. The van der Waals surface area contributed by atoms with Gasteiger partial charge in [0, 0.05) is 38.9 Å². The topological polar surface area (TPSA) is 88.1 Å². The van der Waals surface area contributed by atoms with Crippen molar-refractivity contribution in [1.82, 2.24) is 14.9 Å². The first-order valence-corrected chi connectivity index (χ1v) is 9.90. The van der Waals surface area contributed by atoms with Crippen LogP contribution >= 0.6 is 0 Å². The molecule has 0 bridgehead atoms. The Morgan fingerprint density at radius 3 is 2.25 bits per heavy atom. The molecule has 0 N–H and O–H groups in total. The first-order valence-electron chi connectivity index (χ1n) is 9.90. The van der Waals surface area contributed by atoms with Gasteiger partial charge in [0.05, 0.1) is 0 Å². The molecule has 0 radical (unpaired) electrons. The van der Waals surface area contributed by atoms with Crippen LogP contribution in [0.15, 0.2) is 12.3 Å². The molecule has 2 fully saturated rings. The number of aromatic nitrogens is 2. The van der Waals surface area contributed by atoms with E-state index in [1.54, 1.807) is 31.0 Å². The van der Waals surface area contributed by atoms with Crippen LogP contribution in [-0.2, 0) is 19.1 Å². The molecule has 3 rings (SSSR count). The fourth-order valence-corrected chi connectivity index (χ4v) is 3.55. The van der Waals surface area contributed by atoms with Gasteiger partial charge in [-0.25, -0.2) is 4.98 Å². The number of piperazine rings is 1. The second-order valence-corrected chi connectivity index (χ2v) is 7.20. The third-order valence-electron chi connectivity index (χ3n) is 5.71. The number of ether oxygens (including phenoxy) is 2. The number of hydrogen-bond acceptors (Lipinski definition) is 9. The van der Waals surface area contributed by atoms with Gasteiger partial charge < -0.3 is 19.3 Å². The summed E-state index contributed by atoms with van der Waals surface area (Å²) in [6.07, 6.45) is 1.25. The van der Waals surface area contributed by atoms with E-state index in [0.717, 1.165) is 26.2 Å². The van der Waals surface area contributed by atoms with Gasteiger partial charge in [-0.05, 0) is 32.9 Å². The molecule has 1 aromatic heterocycles. The number of carbonyl (C=O) groups is 2. The summed E-state index contributed by atoms with van der Waals surface area (Å²) < 4.78 is 11.0. The van der Waals surface area contributed by atoms with Crippen LogP contribution in [0, 0.1) is 5.41 Å². The second-order valence-electron chi connectivity index (χ2n) is 7.20. The van der Waals surface area contributed by atoms with E-state index in [-0.39, 0.29) is 0 Å². The first kappa shape index (κ1) is 20.3. The molecule has 28 heavy (non-hydrogen) atoms. The molecule has 0 unspecified atom stereocenters. The van der Waals surface area contributed by atoms with Crippen LogP contribution in [-0.4, -0.2) is 73.0 Å². The SMILES string of the molecule is CCN(c1ccnc(N2CCN(C)CC2)n1)C1OC(=O)C(CC)(CC)C(=O)O1. The van der Waals surface area contributed by atoms with Crippen LogP contribution in [0.25, 0.3) is 0 Å². The van der Waals surface area contributed by atoms with Gasteiger partial charge in [-0.3, -0.25) is 14.5 Å². The molecule has 2 saturated heterocycles. The van der Waals surface area contributed by atoms with Crippen molar-refractivity contribution in [3.63, 3.8) is 0 Å². The third-order valence-corrected chi connectivity index (χ3v) is 5.71. The van der Waals surface area contributed by atoms with Crippen LogP contribution in [0.5, 0.6) is 0 Å². The van der Waals surface area contributed by atoms with Crippen LogP contribution in [0.1, 0.15) is 33.6 Å². The lowest BCUT2D eigenvalue weighted by Gasteiger charge is -2.39. The Balaban J connectivity index is 1.80. The van der Waals surface area contributed by atoms with Crippen LogP contribution in [0.3, 0.4) is 0 Å². The van der Waals surface area contributed by atoms with Crippen molar-refractivity contribution >= 4 is 23.7 Å². The summed E-state index contributed by atoms with van der Waals surface area (Å²) in [4.78, 5) is 40.3. The van der Waals surface area contributed by atoms with Crippen LogP contribution < -0.4 is 9.80 Å². The van der Waals surface area contributed by atoms with Crippen LogP contribution in [0.4, 0.5) is 11.8 Å². The zero-order valence-corrected chi connectivity index (χ0v) is 17.1. The number of rotatable bonds is 6. The predicted molar refractivity (Wildman–Crippen MR) is 104 cm³/mol. The highest BCUT2D eigenvalue weighted by atomic mass is 16.7. The Labute approximate surface area is 165 Å². The van der Waals surface area contributed by atoms with Crippen molar-refractivity contribution in [3.8, 4) is 0 Å². The Bertz CT molecular complexity index is 696. The van der Waals surface area contributed by atoms with E-state index >= 15 is 0 Å². The smallest absolute Gasteiger partial charge is 0.333 e. The van der Waals surface area contributed by atoms with Gasteiger partial charge >= 0.3 is 18.4 Å². The summed E-state index contributed by atoms with van der Waals surface area (Å²) in [5.41, 5.74) is -1.22. The highest BCUT2D eigenvalue weighted by Crippen LogP contribution is 2.35. The summed E-state index contributed by atoms with van der Waals surface area (Å²) in [5, 5.41) is 0. The van der Waals surface area contributed by atoms with E-state index in [1.807, 2.05) is 6.92 Å². The number of esters is 2. The summed E-state index contributed by atoms with van der Waals surface area (Å²) in [5.74, 6) is 0.0996. The molecule has 0 spiro atoms. The minimum absolute atomic E-state index is 0.348. The fraction of sp³-hybridized carbons (Fsp3) is 0.684. The highest BCUT2D eigenvalue weighted by Gasteiger charge is 2.52. The minimum atomic E-state index is -1.22. The van der Waals surface area contributed by atoms with E-state index in [2.05, 4.69) is 26.8 Å². The lowest BCUT2D eigenvalue weighted by molar-refractivity contribution is -0.224. The second kappa shape index (κ2) is 8.30. The van der Waals surface area contributed by atoms with Crippen molar-refractivity contribution in [1.29, 1.82) is 0 Å². The lowest BCUT2D eigenvalue weighted by atomic mass is 9.82. The van der Waals surface area contributed by atoms with Gasteiger partial charge in [0.2, 0.25) is 5.95 Å². The van der Waals surface area contributed by atoms with Crippen molar-refractivity contribution in [2.24, 2.45) is 5.41 Å². The predicted octanol–water partition coefficient (Wildman–Crippen LogP) is 1.24. The molecule has 0 atom stereocenters. The van der Waals surface area contributed by atoms with Gasteiger partial charge in [0.15, 0.2) is 5.41 Å². The van der Waals surface area contributed by atoms with Gasteiger partial charge in [0.25, 0.3) is 0 Å². The molecule has 2 aliphatic heterocycles. The quantitative estimate of drug-likeness (QED) is 0.525. The average molecular weight is 391 g/mol. The monoisotopic (exact) mass is 391 g/mol. The number of nitrogens with zero attached hydrogens (tertiary/aromatic N) is 5. The molecular weight excluding hydrogens is 362 g/mol. The van der Waals surface area contributed by atoms with Crippen molar-refractivity contribution in [3.05, 3.63) is 12.3 Å². The molecule has 0 aromatic carbocycles. The first-order chi connectivity index (χ1) is 13.4. The molecule has 9 heteroatoms. The van der Waals surface area contributed by atoms with Crippen molar-refractivity contribution in [2.75, 3.05) is 49.6 Å². The van der Waals surface area contributed by atoms with E-state index < -0.39 is 23.8 Å². The van der Waals surface area contributed by atoms with Gasteiger partial charge in [0.1, 0.15) is 5.82 Å². The van der Waals surface area contributed by atoms with Crippen molar-refractivity contribution < 1.29 is 19.1 Å². The Morgan fingerprint density at radius 2 is 1.71 bits per heavy atom. The molecule has 1 aromatic rings. The summed E-state index contributed by atoms with van der Waals surface area (Å²) >= 11 is 0. The summed E-state index contributed by atoms with van der Waals surface area (Å²) in [7, 11) is 2.09. The molecule has 3 heterocycles. The number of carbonyl (C=O) groups excluding carboxylic acids is 2. The summed E-state index contributed by atoms with van der Waals surface area (Å²) in [6, 6.07) is 1.73. The number of likely N-dealkylation sites (N-methyl/N-ethyl adjacent to an activating group) is 1. The fourth-order valence-electron chi connectivity index (χ4n) is 3.55. The Hall–Kier alpha value is -2.42. The van der Waals surface area contributed by atoms with Crippen molar-refractivity contribution in [2.45, 2.75) is 40.0 Å². The minimum Gasteiger partial charge on any atom is -0.405 e. The normalized spacial score (nSPS) is 20.6. The molecule has 154 valence electrons. The zero-order valence-electron chi connectivity index (χ0n) is 17.1. The number of anilines is 2. The standard InChI is InChI=1S/C19H29N5O4/c1-5-19(6-2)15(25)27-18(28-16(19)26)24(7-3)14-8-9-20-17(21-14)23-12-10-22(4)11-13-23/h8-9,18H,5-7,10-13H2,1-4H3. The van der Waals surface area contributed by atoms with E-state index in [1.165, 1.54) is 0 Å². The summed E-state index contributed by atoms with van der Waals surface area (Å²) in [6.45, 7) is 9.49. The van der Waals surface area contributed by atoms with E-state index in [4.69, 9.17) is 9.47 Å². The van der Waals surface area contributed by atoms with Gasteiger partial charge in [-0.15, -0.1) is 0 Å². The Kier molecular flexibility index (Phi) is 6.02. The number of hydrogen-bond donors (Lipinski definition) is 0. The molecule has 0 saturated carbocycles. The molecule has 0 amide bonds. The van der Waals surface area contributed by atoms with E-state index in [0.29, 0.717) is 31.2 Å².